The summed E-state index contributed by atoms with van der Waals surface area (Å²) in [7, 11) is 1.51. The molecule has 1 aliphatic rings. The molecule has 0 saturated carbocycles. The Labute approximate surface area is 157 Å². The molecule has 27 heavy (non-hydrogen) atoms. The Morgan fingerprint density at radius 3 is 2.41 bits per heavy atom. The van der Waals surface area contributed by atoms with Crippen molar-refractivity contribution in [2.75, 3.05) is 29.2 Å². The van der Waals surface area contributed by atoms with Crippen LogP contribution >= 0.6 is 0 Å². The van der Waals surface area contributed by atoms with Crippen molar-refractivity contribution in [1.82, 2.24) is 0 Å². The molecule has 0 aromatic heterocycles. The van der Waals surface area contributed by atoms with E-state index in [0.717, 1.165) is 12.1 Å². The third kappa shape index (κ3) is 4.25. The third-order valence-corrected chi connectivity index (χ3v) is 4.28. The Hall–Kier alpha value is -3.35. The van der Waals surface area contributed by atoms with E-state index in [4.69, 9.17) is 4.74 Å². The molecule has 7 nitrogen and oxygen atoms in total. The summed E-state index contributed by atoms with van der Waals surface area (Å²) in [6.45, 7) is 2.11. The Morgan fingerprint density at radius 1 is 1.07 bits per heavy atom. The van der Waals surface area contributed by atoms with Gasteiger partial charge in [-0.05, 0) is 48.9 Å². The number of methoxy groups -OCH3 is 1. The molecule has 0 atom stereocenters. The van der Waals surface area contributed by atoms with E-state index in [-0.39, 0.29) is 17.7 Å². The fraction of sp³-hybridized carbons (Fsp3) is 0.250. The lowest BCUT2D eigenvalue weighted by molar-refractivity contribution is -0.117. The molecule has 1 aliphatic heterocycles. The lowest BCUT2D eigenvalue weighted by atomic mass is 10.1. The highest BCUT2D eigenvalue weighted by Gasteiger charge is 2.21. The predicted molar refractivity (Wildman–Crippen MR) is 103 cm³/mol. The molecule has 3 amide bonds. The van der Waals surface area contributed by atoms with Crippen molar-refractivity contribution in [3.63, 3.8) is 0 Å². The van der Waals surface area contributed by atoms with Gasteiger partial charge in [0.1, 0.15) is 5.75 Å². The highest BCUT2D eigenvalue weighted by molar-refractivity contribution is 6.05. The van der Waals surface area contributed by atoms with Crippen LogP contribution in [0.5, 0.6) is 5.75 Å². The van der Waals surface area contributed by atoms with E-state index in [1.54, 1.807) is 47.4 Å². The minimum absolute atomic E-state index is 0.107. The van der Waals surface area contributed by atoms with Gasteiger partial charge in [-0.25, -0.2) is 0 Å². The molecule has 3 rings (SSSR count). The van der Waals surface area contributed by atoms with Crippen LogP contribution in [0.25, 0.3) is 0 Å². The monoisotopic (exact) mass is 367 g/mol. The van der Waals surface area contributed by atoms with E-state index in [1.165, 1.54) is 14.0 Å². The van der Waals surface area contributed by atoms with E-state index in [0.29, 0.717) is 35.7 Å². The van der Waals surface area contributed by atoms with Crippen LogP contribution in [0.15, 0.2) is 42.5 Å². The van der Waals surface area contributed by atoms with Gasteiger partial charge in [0.2, 0.25) is 11.8 Å². The Balaban J connectivity index is 1.73. The van der Waals surface area contributed by atoms with E-state index in [9.17, 15) is 14.4 Å². The number of hydrogen-bond acceptors (Lipinski definition) is 4. The summed E-state index contributed by atoms with van der Waals surface area (Å²) in [6.07, 6.45) is 1.42. The molecule has 140 valence electrons. The normalized spacial score (nSPS) is 13.4. The molecule has 2 aromatic rings. The number of carbonyl (C=O) groups is 3. The summed E-state index contributed by atoms with van der Waals surface area (Å²) in [4.78, 5) is 37.3. The maximum Gasteiger partial charge on any atom is 0.255 e. The summed E-state index contributed by atoms with van der Waals surface area (Å²) < 4.78 is 5.20. The molecular formula is C20H21N3O4. The van der Waals surface area contributed by atoms with Crippen LogP contribution in [0.4, 0.5) is 17.1 Å². The number of nitrogens with zero attached hydrogens (tertiary/aromatic N) is 1. The van der Waals surface area contributed by atoms with Crippen molar-refractivity contribution in [2.24, 2.45) is 0 Å². The van der Waals surface area contributed by atoms with Crippen LogP contribution in [0.1, 0.15) is 30.1 Å². The first kappa shape index (κ1) is 18.4. The minimum atomic E-state index is -0.284. The van der Waals surface area contributed by atoms with Gasteiger partial charge in [0.15, 0.2) is 0 Å². The molecule has 1 fully saturated rings. The number of carbonyl (C=O) groups excluding carboxylic acids is 3. The van der Waals surface area contributed by atoms with Gasteiger partial charge in [-0.3, -0.25) is 14.4 Å². The fourth-order valence-electron chi connectivity index (χ4n) is 2.99. The fourth-order valence-corrected chi connectivity index (χ4v) is 2.99. The molecule has 2 N–H and O–H groups in total. The van der Waals surface area contributed by atoms with Crippen molar-refractivity contribution < 1.29 is 19.1 Å². The largest absolute Gasteiger partial charge is 0.495 e. The van der Waals surface area contributed by atoms with E-state index in [2.05, 4.69) is 10.6 Å². The summed E-state index contributed by atoms with van der Waals surface area (Å²) in [6, 6.07) is 11.9. The minimum Gasteiger partial charge on any atom is -0.495 e. The van der Waals surface area contributed by atoms with Gasteiger partial charge in [0.05, 0.1) is 12.8 Å². The van der Waals surface area contributed by atoms with Crippen LogP contribution < -0.4 is 20.3 Å². The number of rotatable bonds is 5. The second-order valence-corrected chi connectivity index (χ2v) is 6.25. The average Bonchev–Trinajstić information content (AvgIpc) is 3.07. The van der Waals surface area contributed by atoms with Gasteiger partial charge in [-0.2, -0.15) is 0 Å². The van der Waals surface area contributed by atoms with Gasteiger partial charge in [-0.15, -0.1) is 0 Å². The topological polar surface area (TPSA) is 87.7 Å². The zero-order valence-electron chi connectivity index (χ0n) is 15.2. The van der Waals surface area contributed by atoms with E-state index >= 15 is 0 Å². The second-order valence-electron chi connectivity index (χ2n) is 6.25. The van der Waals surface area contributed by atoms with Crippen LogP contribution in [0.2, 0.25) is 0 Å². The van der Waals surface area contributed by atoms with Gasteiger partial charge in [0.25, 0.3) is 5.91 Å². The standard InChI is InChI=1S/C20H21N3O4/c1-13(24)21-17-12-15(7-10-18(17)27-2)22-20(26)14-5-8-16(9-6-14)23-11-3-4-19(23)25/h5-10,12H,3-4,11H2,1-2H3,(H,21,24)(H,22,26). The van der Waals surface area contributed by atoms with Crippen LogP contribution in [-0.2, 0) is 9.59 Å². The Bertz CT molecular complexity index is 877. The van der Waals surface area contributed by atoms with Crippen molar-refractivity contribution >= 4 is 34.8 Å². The summed E-state index contributed by atoms with van der Waals surface area (Å²) in [5, 5.41) is 5.46. The van der Waals surface area contributed by atoms with Crippen LogP contribution in [0.3, 0.4) is 0 Å². The van der Waals surface area contributed by atoms with Crippen molar-refractivity contribution in [1.29, 1.82) is 0 Å². The Kier molecular flexibility index (Phi) is 5.40. The van der Waals surface area contributed by atoms with E-state index in [1.807, 2.05) is 0 Å². The van der Waals surface area contributed by atoms with E-state index < -0.39 is 0 Å². The molecule has 7 heteroatoms. The molecule has 0 unspecified atom stereocenters. The average molecular weight is 367 g/mol. The number of benzene rings is 2. The highest BCUT2D eigenvalue weighted by atomic mass is 16.5. The van der Waals surface area contributed by atoms with Crippen molar-refractivity contribution in [3.05, 3.63) is 48.0 Å². The zero-order chi connectivity index (χ0) is 19.4. The first-order valence-corrected chi connectivity index (χ1v) is 8.65. The number of nitrogens with one attached hydrogen (secondary N) is 2. The quantitative estimate of drug-likeness (QED) is 0.850. The molecule has 1 heterocycles. The molecule has 0 spiro atoms. The molecular weight excluding hydrogens is 346 g/mol. The summed E-state index contributed by atoms with van der Waals surface area (Å²) >= 11 is 0. The maximum atomic E-state index is 12.5. The number of ether oxygens (including phenoxy) is 1. The number of amides is 3. The number of anilines is 3. The summed E-state index contributed by atoms with van der Waals surface area (Å²) in [5.74, 6) is 0.0934. The molecule has 0 aliphatic carbocycles. The SMILES string of the molecule is COc1ccc(NC(=O)c2ccc(N3CCCC3=O)cc2)cc1NC(C)=O. The van der Waals surface area contributed by atoms with Gasteiger partial charge < -0.3 is 20.3 Å². The lowest BCUT2D eigenvalue weighted by Crippen LogP contribution is -2.23. The summed E-state index contributed by atoms with van der Waals surface area (Å²) in [5.41, 5.74) is 2.28. The van der Waals surface area contributed by atoms with Crippen molar-refractivity contribution in [2.45, 2.75) is 19.8 Å². The lowest BCUT2D eigenvalue weighted by Gasteiger charge is -2.16. The van der Waals surface area contributed by atoms with Crippen LogP contribution in [-0.4, -0.2) is 31.4 Å². The third-order valence-electron chi connectivity index (χ3n) is 4.28. The molecule has 2 aromatic carbocycles. The first-order valence-electron chi connectivity index (χ1n) is 8.65. The molecule has 1 saturated heterocycles. The molecule has 0 bridgehead atoms. The smallest absolute Gasteiger partial charge is 0.255 e. The zero-order valence-corrected chi connectivity index (χ0v) is 15.2. The highest BCUT2D eigenvalue weighted by Crippen LogP contribution is 2.28. The molecule has 0 radical (unpaired) electrons. The Morgan fingerprint density at radius 2 is 1.81 bits per heavy atom. The first-order chi connectivity index (χ1) is 13.0. The van der Waals surface area contributed by atoms with Gasteiger partial charge >= 0.3 is 0 Å². The second kappa shape index (κ2) is 7.90. The van der Waals surface area contributed by atoms with Crippen LogP contribution in [0, 0.1) is 0 Å². The number of hydrogen-bond donors (Lipinski definition) is 2. The van der Waals surface area contributed by atoms with Crippen molar-refractivity contribution in [3.8, 4) is 5.75 Å². The van der Waals surface area contributed by atoms with Gasteiger partial charge in [0, 0.05) is 36.8 Å². The van der Waals surface area contributed by atoms with Gasteiger partial charge in [-0.1, -0.05) is 0 Å². The predicted octanol–water partition coefficient (Wildman–Crippen LogP) is 3.03. The maximum absolute atomic E-state index is 12.5.